The average Bonchev–Trinajstić information content (AvgIpc) is 2.60. The zero-order chi connectivity index (χ0) is 18.8. The number of amides is 2. The van der Waals surface area contributed by atoms with Gasteiger partial charge in [0.15, 0.2) is 5.11 Å². The number of halogens is 2. The molecular formula is C18H12BrClN2O3S. The van der Waals surface area contributed by atoms with Crippen molar-refractivity contribution in [3.63, 3.8) is 0 Å². The van der Waals surface area contributed by atoms with Crippen LogP contribution < -0.4 is 15.0 Å². The molecule has 2 aromatic carbocycles. The third-order valence-corrected chi connectivity index (χ3v) is 4.71. The lowest BCUT2D eigenvalue weighted by atomic mass is 10.1. The maximum atomic E-state index is 12.9. The van der Waals surface area contributed by atoms with E-state index in [1.807, 2.05) is 0 Å². The number of benzene rings is 2. The fourth-order valence-electron chi connectivity index (χ4n) is 2.46. The number of carbonyl (C=O) groups excluding carboxylic acids is 2. The van der Waals surface area contributed by atoms with E-state index < -0.39 is 11.8 Å². The second-order valence-electron chi connectivity index (χ2n) is 5.32. The van der Waals surface area contributed by atoms with Crippen molar-refractivity contribution in [2.24, 2.45) is 0 Å². The molecule has 26 heavy (non-hydrogen) atoms. The Hall–Kier alpha value is -2.22. The van der Waals surface area contributed by atoms with E-state index in [1.165, 1.54) is 18.1 Å². The Morgan fingerprint density at radius 2 is 1.88 bits per heavy atom. The van der Waals surface area contributed by atoms with Gasteiger partial charge < -0.3 is 4.74 Å². The summed E-state index contributed by atoms with van der Waals surface area (Å²) in [5.74, 6) is -0.553. The number of nitrogens with zero attached hydrogens (tertiary/aromatic N) is 1. The van der Waals surface area contributed by atoms with Gasteiger partial charge in [-0.2, -0.15) is 0 Å². The Labute approximate surface area is 168 Å². The molecule has 2 aromatic rings. The molecule has 0 radical (unpaired) electrons. The summed E-state index contributed by atoms with van der Waals surface area (Å²) in [7, 11) is 1.52. The zero-order valence-electron chi connectivity index (χ0n) is 13.5. The molecule has 132 valence electrons. The lowest BCUT2D eigenvalue weighted by Gasteiger charge is -2.29. The van der Waals surface area contributed by atoms with Gasteiger partial charge in [0.2, 0.25) is 0 Å². The van der Waals surface area contributed by atoms with Crippen molar-refractivity contribution in [2.75, 3.05) is 12.0 Å². The summed E-state index contributed by atoms with van der Waals surface area (Å²) in [6, 6.07) is 11.9. The van der Waals surface area contributed by atoms with Crippen LogP contribution in [0.1, 0.15) is 5.56 Å². The number of thiocarbonyl (C=S) groups is 1. The molecule has 1 aliphatic rings. The van der Waals surface area contributed by atoms with Crippen molar-refractivity contribution in [3.8, 4) is 5.75 Å². The number of anilines is 1. The first-order chi connectivity index (χ1) is 12.4. The molecule has 0 atom stereocenters. The van der Waals surface area contributed by atoms with Crippen LogP contribution in [-0.2, 0) is 9.59 Å². The Balaban J connectivity index is 2.06. The van der Waals surface area contributed by atoms with Gasteiger partial charge in [0.1, 0.15) is 11.3 Å². The number of hydrogen-bond acceptors (Lipinski definition) is 4. The van der Waals surface area contributed by atoms with E-state index in [9.17, 15) is 9.59 Å². The van der Waals surface area contributed by atoms with Crippen molar-refractivity contribution in [2.45, 2.75) is 0 Å². The summed E-state index contributed by atoms with van der Waals surface area (Å²) < 4.78 is 6.09. The highest BCUT2D eigenvalue weighted by molar-refractivity contribution is 9.10. The molecule has 0 spiro atoms. The minimum atomic E-state index is -0.563. The van der Waals surface area contributed by atoms with Crippen LogP contribution >= 0.6 is 39.7 Å². The molecule has 1 N–H and O–H groups in total. The van der Waals surface area contributed by atoms with E-state index >= 15 is 0 Å². The largest absolute Gasteiger partial charge is 0.496 e. The van der Waals surface area contributed by atoms with Gasteiger partial charge in [-0.1, -0.05) is 27.5 Å². The molecule has 1 saturated heterocycles. The Morgan fingerprint density at radius 1 is 1.19 bits per heavy atom. The number of nitrogens with one attached hydrogen (secondary N) is 1. The second kappa shape index (κ2) is 7.57. The van der Waals surface area contributed by atoms with Gasteiger partial charge in [-0.05, 0) is 60.8 Å². The molecule has 0 unspecified atom stereocenters. The van der Waals surface area contributed by atoms with Crippen LogP contribution in [0.2, 0.25) is 5.02 Å². The Bertz CT molecular complexity index is 944. The van der Waals surface area contributed by atoms with E-state index in [-0.39, 0.29) is 10.7 Å². The van der Waals surface area contributed by atoms with Crippen molar-refractivity contribution >= 4 is 68.4 Å². The van der Waals surface area contributed by atoms with Gasteiger partial charge in [0, 0.05) is 15.1 Å². The fraction of sp³-hybridized carbons (Fsp3) is 0.0556. The summed E-state index contributed by atoms with van der Waals surface area (Å²) in [4.78, 5) is 26.5. The predicted molar refractivity (Wildman–Crippen MR) is 108 cm³/mol. The molecule has 1 fully saturated rings. The van der Waals surface area contributed by atoms with E-state index in [2.05, 4.69) is 21.2 Å². The van der Waals surface area contributed by atoms with Gasteiger partial charge in [-0.15, -0.1) is 0 Å². The normalized spacial score (nSPS) is 16.0. The summed E-state index contributed by atoms with van der Waals surface area (Å²) in [5.41, 5.74) is 1.05. The van der Waals surface area contributed by atoms with Crippen molar-refractivity contribution in [1.82, 2.24) is 5.32 Å². The summed E-state index contributed by atoms with van der Waals surface area (Å²) in [5, 5.41) is 3.08. The molecule has 0 saturated carbocycles. The summed E-state index contributed by atoms with van der Waals surface area (Å²) >= 11 is 14.4. The molecule has 5 nitrogen and oxygen atoms in total. The Morgan fingerprint density at radius 3 is 2.54 bits per heavy atom. The minimum absolute atomic E-state index is 0.0145. The van der Waals surface area contributed by atoms with Gasteiger partial charge >= 0.3 is 0 Å². The third kappa shape index (κ3) is 3.65. The number of methoxy groups -OCH3 is 1. The van der Waals surface area contributed by atoms with Crippen LogP contribution in [0, 0.1) is 0 Å². The third-order valence-electron chi connectivity index (χ3n) is 3.68. The predicted octanol–water partition coefficient (Wildman–Crippen LogP) is 3.94. The highest BCUT2D eigenvalue weighted by Gasteiger charge is 2.34. The molecular weight excluding hydrogens is 440 g/mol. The van der Waals surface area contributed by atoms with Gasteiger partial charge in [0.05, 0.1) is 12.8 Å². The first-order valence-corrected chi connectivity index (χ1v) is 8.99. The standard InChI is InChI=1S/C18H12BrClN2O3S/c1-25-15-7-2-11(19)8-10(15)9-14-16(23)21-18(26)22(17(14)24)13-5-3-12(20)4-6-13/h2-9H,1H3,(H,21,23,26). The van der Waals surface area contributed by atoms with E-state index in [0.29, 0.717) is 22.0 Å². The molecule has 1 aliphatic heterocycles. The monoisotopic (exact) mass is 450 g/mol. The highest BCUT2D eigenvalue weighted by Crippen LogP contribution is 2.28. The molecule has 3 rings (SSSR count). The van der Waals surface area contributed by atoms with Crippen molar-refractivity contribution in [1.29, 1.82) is 0 Å². The molecule has 0 aromatic heterocycles. The smallest absolute Gasteiger partial charge is 0.270 e. The SMILES string of the molecule is COc1ccc(Br)cc1C=C1C(=O)NC(=S)N(c2ccc(Cl)cc2)C1=O. The van der Waals surface area contributed by atoms with Gasteiger partial charge in [0.25, 0.3) is 11.8 Å². The van der Waals surface area contributed by atoms with Gasteiger partial charge in [-0.25, -0.2) is 0 Å². The van der Waals surface area contributed by atoms with E-state index in [0.717, 1.165) is 4.47 Å². The quantitative estimate of drug-likeness (QED) is 0.436. The van der Waals surface area contributed by atoms with Crippen LogP contribution in [-0.4, -0.2) is 24.0 Å². The number of carbonyl (C=O) groups is 2. The average molecular weight is 452 g/mol. The molecule has 8 heteroatoms. The first kappa shape index (κ1) is 18.6. The maximum absolute atomic E-state index is 12.9. The number of ether oxygens (including phenoxy) is 1. The lowest BCUT2D eigenvalue weighted by molar-refractivity contribution is -0.122. The van der Waals surface area contributed by atoms with E-state index in [4.69, 9.17) is 28.6 Å². The van der Waals surface area contributed by atoms with Crippen LogP contribution in [0.5, 0.6) is 5.75 Å². The van der Waals surface area contributed by atoms with E-state index in [1.54, 1.807) is 42.5 Å². The van der Waals surface area contributed by atoms with Crippen LogP contribution in [0.3, 0.4) is 0 Å². The van der Waals surface area contributed by atoms with Crippen LogP contribution in [0.15, 0.2) is 52.5 Å². The number of rotatable bonds is 3. The minimum Gasteiger partial charge on any atom is -0.496 e. The molecule has 2 amide bonds. The first-order valence-electron chi connectivity index (χ1n) is 7.41. The van der Waals surface area contributed by atoms with Crippen molar-refractivity contribution < 1.29 is 14.3 Å². The second-order valence-corrected chi connectivity index (χ2v) is 7.06. The summed E-state index contributed by atoms with van der Waals surface area (Å²) in [6.45, 7) is 0. The van der Waals surface area contributed by atoms with Crippen LogP contribution in [0.25, 0.3) is 6.08 Å². The Kier molecular flexibility index (Phi) is 5.41. The zero-order valence-corrected chi connectivity index (χ0v) is 16.6. The molecule has 0 aliphatic carbocycles. The van der Waals surface area contributed by atoms with Crippen LogP contribution in [0.4, 0.5) is 5.69 Å². The fourth-order valence-corrected chi connectivity index (χ4v) is 3.24. The summed E-state index contributed by atoms with van der Waals surface area (Å²) in [6.07, 6.45) is 1.48. The topological polar surface area (TPSA) is 58.6 Å². The highest BCUT2D eigenvalue weighted by atomic mass is 79.9. The maximum Gasteiger partial charge on any atom is 0.270 e. The molecule has 1 heterocycles. The van der Waals surface area contributed by atoms with Gasteiger partial charge in [-0.3, -0.25) is 19.8 Å². The number of hydrogen-bond donors (Lipinski definition) is 1. The van der Waals surface area contributed by atoms with Crippen molar-refractivity contribution in [3.05, 3.63) is 63.1 Å². The molecule has 0 bridgehead atoms. The lowest BCUT2D eigenvalue weighted by Crippen LogP contribution is -2.54.